The van der Waals surface area contributed by atoms with Crippen LogP contribution in [0.5, 0.6) is 0 Å². The molecule has 1 atom stereocenters. The number of fused-ring (bicyclic) bond motifs is 1. The fourth-order valence-electron chi connectivity index (χ4n) is 2.27. The van der Waals surface area contributed by atoms with Crippen LogP contribution in [0.25, 0.3) is 10.9 Å². The number of halogens is 1. The molecule has 0 radical (unpaired) electrons. The maximum atomic E-state index is 13.7. The highest BCUT2D eigenvalue weighted by Crippen LogP contribution is 2.32. The second-order valence-corrected chi connectivity index (χ2v) is 3.97. The molecule has 0 saturated carbocycles. The van der Waals surface area contributed by atoms with Crippen molar-refractivity contribution in [1.29, 1.82) is 0 Å². The van der Waals surface area contributed by atoms with E-state index in [1.54, 1.807) is 6.07 Å². The second kappa shape index (κ2) is 3.35. The molecule has 2 aromatic rings. The van der Waals surface area contributed by atoms with Gasteiger partial charge in [0.1, 0.15) is 5.82 Å². The molecule has 78 valence electrons. The summed E-state index contributed by atoms with van der Waals surface area (Å²) in [6, 6.07) is 5.14. The highest BCUT2D eigenvalue weighted by atomic mass is 19.1. The van der Waals surface area contributed by atoms with Gasteiger partial charge in [0, 0.05) is 29.6 Å². The minimum atomic E-state index is -0.143. The molecule has 1 saturated heterocycles. The first kappa shape index (κ1) is 8.92. The maximum absolute atomic E-state index is 13.7. The molecule has 2 heterocycles. The summed E-state index contributed by atoms with van der Waals surface area (Å²) in [6.07, 6.45) is 2.90. The van der Waals surface area contributed by atoms with E-state index in [1.807, 2.05) is 12.3 Å². The minimum Gasteiger partial charge on any atom is -0.381 e. The van der Waals surface area contributed by atoms with E-state index in [-0.39, 0.29) is 5.82 Å². The molecule has 3 heteroatoms. The first-order chi connectivity index (χ1) is 7.36. The van der Waals surface area contributed by atoms with E-state index in [9.17, 15) is 4.39 Å². The van der Waals surface area contributed by atoms with E-state index in [1.165, 1.54) is 6.07 Å². The van der Waals surface area contributed by atoms with Gasteiger partial charge in [-0.25, -0.2) is 4.39 Å². The van der Waals surface area contributed by atoms with Crippen molar-refractivity contribution in [2.45, 2.75) is 12.3 Å². The number of benzene rings is 1. The molecule has 15 heavy (non-hydrogen) atoms. The van der Waals surface area contributed by atoms with Gasteiger partial charge < -0.3 is 9.72 Å². The third-order valence-corrected chi connectivity index (χ3v) is 3.05. The van der Waals surface area contributed by atoms with Crippen LogP contribution in [0.3, 0.4) is 0 Å². The number of aromatic amines is 1. The smallest absolute Gasteiger partial charge is 0.132 e. The summed E-state index contributed by atoms with van der Waals surface area (Å²) in [5, 5.41) is 0.730. The summed E-state index contributed by atoms with van der Waals surface area (Å²) >= 11 is 0. The van der Waals surface area contributed by atoms with E-state index in [2.05, 4.69) is 4.98 Å². The molecule has 0 amide bonds. The number of nitrogens with one attached hydrogen (secondary N) is 1. The predicted octanol–water partition coefficient (Wildman–Crippen LogP) is 2.81. The number of rotatable bonds is 1. The molecule has 3 rings (SSSR count). The quantitative estimate of drug-likeness (QED) is 0.760. The van der Waals surface area contributed by atoms with E-state index in [0.29, 0.717) is 12.5 Å². The van der Waals surface area contributed by atoms with Crippen molar-refractivity contribution in [2.75, 3.05) is 13.2 Å². The van der Waals surface area contributed by atoms with Crippen LogP contribution in [0.4, 0.5) is 4.39 Å². The van der Waals surface area contributed by atoms with Gasteiger partial charge in [0.05, 0.1) is 6.61 Å². The lowest BCUT2D eigenvalue weighted by molar-refractivity contribution is 0.194. The Labute approximate surface area is 87.1 Å². The number of aromatic nitrogens is 1. The summed E-state index contributed by atoms with van der Waals surface area (Å²) in [5.74, 6) is 0.200. The number of hydrogen-bond acceptors (Lipinski definition) is 1. The third kappa shape index (κ3) is 1.35. The molecule has 0 unspecified atom stereocenters. The Kier molecular flexibility index (Phi) is 1.99. The molecule has 0 spiro atoms. The topological polar surface area (TPSA) is 25.0 Å². The summed E-state index contributed by atoms with van der Waals surface area (Å²) < 4.78 is 19.0. The molecule has 1 aromatic heterocycles. The van der Waals surface area contributed by atoms with Gasteiger partial charge in [-0.15, -0.1) is 0 Å². The molecule has 0 aliphatic carbocycles. The summed E-state index contributed by atoms with van der Waals surface area (Å²) in [7, 11) is 0. The van der Waals surface area contributed by atoms with Gasteiger partial charge in [0.25, 0.3) is 0 Å². The van der Waals surface area contributed by atoms with Crippen LogP contribution in [0.15, 0.2) is 24.4 Å². The van der Waals surface area contributed by atoms with Crippen LogP contribution in [-0.4, -0.2) is 18.2 Å². The van der Waals surface area contributed by atoms with Gasteiger partial charge in [-0.05, 0) is 24.1 Å². The lowest BCUT2D eigenvalue weighted by atomic mass is 9.98. The van der Waals surface area contributed by atoms with Crippen molar-refractivity contribution >= 4 is 10.9 Å². The fourth-order valence-corrected chi connectivity index (χ4v) is 2.27. The van der Waals surface area contributed by atoms with E-state index in [4.69, 9.17) is 4.74 Å². The van der Waals surface area contributed by atoms with Crippen molar-refractivity contribution < 1.29 is 9.13 Å². The van der Waals surface area contributed by atoms with Gasteiger partial charge >= 0.3 is 0 Å². The summed E-state index contributed by atoms with van der Waals surface area (Å²) in [5.41, 5.74) is 1.93. The molecule has 1 N–H and O–H groups in total. The fraction of sp³-hybridized carbons (Fsp3) is 0.333. The Morgan fingerprint density at radius 1 is 1.40 bits per heavy atom. The SMILES string of the molecule is Fc1cccc2[nH]cc([C@H]3CCOC3)c12. The molecule has 1 aliphatic heterocycles. The van der Waals surface area contributed by atoms with Gasteiger partial charge in [-0.3, -0.25) is 0 Å². The van der Waals surface area contributed by atoms with Crippen LogP contribution in [0.1, 0.15) is 17.9 Å². The number of H-pyrrole nitrogens is 1. The van der Waals surface area contributed by atoms with Crippen LogP contribution in [-0.2, 0) is 4.74 Å². The van der Waals surface area contributed by atoms with Gasteiger partial charge in [-0.2, -0.15) is 0 Å². The standard InChI is InChI=1S/C12H12FNO/c13-10-2-1-3-11-12(10)9(6-14-11)8-4-5-15-7-8/h1-3,6,8,14H,4-5,7H2/t8-/m0/s1. The predicted molar refractivity (Wildman–Crippen MR) is 56.4 cm³/mol. The Bertz CT molecular complexity index is 485. The monoisotopic (exact) mass is 205 g/mol. The second-order valence-electron chi connectivity index (χ2n) is 3.97. The number of hydrogen-bond donors (Lipinski definition) is 1. The molecule has 1 aromatic carbocycles. The maximum Gasteiger partial charge on any atom is 0.132 e. The lowest BCUT2D eigenvalue weighted by Crippen LogP contribution is -1.96. The molecular formula is C12H12FNO. The first-order valence-electron chi connectivity index (χ1n) is 5.19. The Morgan fingerprint density at radius 3 is 3.13 bits per heavy atom. The first-order valence-corrected chi connectivity index (χ1v) is 5.19. The van der Waals surface area contributed by atoms with Crippen molar-refractivity contribution in [3.05, 3.63) is 35.8 Å². The minimum absolute atomic E-state index is 0.143. The number of ether oxygens (including phenoxy) is 1. The van der Waals surface area contributed by atoms with E-state index >= 15 is 0 Å². The molecular weight excluding hydrogens is 193 g/mol. The Hall–Kier alpha value is -1.35. The Morgan fingerprint density at radius 2 is 2.33 bits per heavy atom. The zero-order valence-corrected chi connectivity index (χ0v) is 8.29. The highest BCUT2D eigenvalue weighted by molar-refractivity contribution is 5.84. The largest absolute Gasteiger partial charge is 0.381 e. The van der Waals surface area contributed by atoms with Gasteiger partial charge in [0.15, 0.2) is 0 Å². The average molecular weight is 205 g/mol. The van der Waals surface area contributed by atoms with Gasteiger partial charge in [0.2, 0.25) is 0 Å². The molecule has 2 nitrogen and oxygen atoms in total. The third-order valence-electron chi connectivity index (χ3n) is 3.05. The van der Waals surface area contributed by atoms with Crippen molar-refractivity contribution in [3.63, 3.8) is 0 Å². The zero-order chi connectivity index (χ0) is 10.3. The van der Waals surface area contributed by atoms with Crippen LogP contribution < -0.4 is 0 Å². The van der Waals surface area contributed by atoms with Crippen molar-refractivity contribution in [3.8, 4) is 0 Å². The van der Waals surface area contributed by atoms with E-state index < -0.39 is 0 Å². The van der Waals surface area contributed by atoms with Crippen LogP contribution in [0.2, 0.25) is 0 Å². The zero-order valence-electron chi connectivity index (χ0n) is 8.29. The summed E-state index contributed by atoms with van der Waals surface area (Å²) in [6.45, 7) is 1.49. The van der Waals surface area contributed by atoms with E-state index in [0.717, 1.165) is 29.5 Å². The van der Waals surface area contributed by atoms with Crippen molar-refractivity contribution in [2.24, 2.45) is 0 Å². The normalized spacial score (nSPS) is 21.3. The van der Waals surface area contributed by atoms with Gasteiger partial charge in [-0.1, -0.05) is 6.07 Å². The van der Waals surface area contributed by atoms with Crippen molar-refractivity contribution in [1.82, 2.24) is 4.98 Å². The average Bonchev–Trinajstić information content (AvgIpc) is 2.85. The van der Waals surface area contributed by atoms with Crippen LogP contribution >= 0.6 is 0 Å². The molecule has 1 fully saturated rings. The van der Waals surface area contributed by atoms with Crippen LogP contribution in [0, 0.1) is 5.82 Å². The highest BCUT2D eigenvalue weighted by Gasteiger charge is 2.22. The molecule has 0 bridgehead atoms. The lowest BCUT2D eigenvalue weighted by Gasteiger charge is -2.05. The Balaban J connectivity index is 2.18. The molecule has 1 aliphatic rings. The summed E-state index contributed by atoms with van der Waals surface area (Å²) in [4.78, 5) is 3.11.